The van der Waals surface area contributed by atoms with Crippen LogP contribution in [0.25, 0.3) is 0 Å². The lowest BCUT2D eigenvalue weighted by Crippen LogP contribution is -2.17. The molecule has 0 aliphatic rings. The number of rotatable bonds is 18. The highest BCUT2D eigenvalue weighted by Gasteiger charge is 2.08. The molecule has 0 aromatic heterocycles. The summed E-state index contributed by atoms with van der Waals surface area (Å²) in [6.45, 7) is 4.12. The van der Waals surface area contributed by atoms with Gasteiger partial charge in [-0.15, -0.1) is 0 Å². The van der Waals surface area contributed by atoms with E-state index in [-0.39, 0.29) is 12.5 Å². The van der Waals surface area contributed by atoms with Crippen molar-refractivity contribution in [1.82, 2.24) is 5.73 Å². The van der Waals surface area contributed by atoms with Gasteiger partial charge in [0.25, 0.3) is 0 Å². The van der Waals surface area contributed by atoms with Crippen LogP contribution in [0, 0.1) is 0 Å². The first-order valence-electron chi connectivity index (χ1n) is 11.6. The van der Waals surface area contributed by atoms with E-state index in [2.05, 4.69) is 19.1 Å². The Balaban J connectivity index is 2.01. The third-order valence-corrected chi connectivity index (χ3v) is 5.28. The van der Waals surface area contributed by atoms with E-state index < -0.39 is 5.91 Å². The smallest absolute Gasteiger partial charge is 0.242 e. The summed E-state index contributed by atoms with van der Waals surface area (Å²) in [5.41, 5.74) is 8.32. The highest BCUT2D eigenvalue weighted by Crippen LogP contribution is 2.18. The van der Waals surface area contributed by atoms with Gasteiger partial charge in [0.05, 0.1) is 6.42 Å². The van der Waals surface area contributed by atoms with Crippen LogP contribution in [0.2, 0.25) is 0 Å². The van der Waals surface area contributed by atoms with Crippen LogP contribution in [0.15, 0.2) is 24.3 Å². The van der Waals surface area contributed by atoms with Crippen molar-refractivity contribution in [3.05, 3.63) is 29.8 Å². The Hall–Kier alpha value is -1.51. The molecule has 1 aromatic rings. The van der Waals surface area contributed by atoms with Crippen LogP contribution in [-0.4, -0.2) is 12.0 Å². The third kappa shape index (κ3) is 13.6. The predicted octanol–water partition coefficient (Wildman–Crippen LogP) is 7.29. The van der Waals surface area contributed by atoms with Crippen LogP contribution in [0.4, 0.5) is 0 Å². The fourth-order valence-electron chi connectivity index (χ4n) is 3.66. The van der Waals surface area contributed by atoms with Gasteiger partial charge in [-0.2, -0.15) is 0 Å². The van der Waals surface area contributed by atoms with E-state index in [1.54, 1.807) is 0 Å². The summed E-state index contributed by atoms with van der Waals surface area (Å²) in [6, 6.07) is 8.17. The topological polar surface area (TPSA) is 50.1 Å². The molecular weight excluding hydrogens is 346 g/mol. The number of hydrogen-bond acceptors (Lipinski definition) is 2. The van der Waals surface area contributed by atoms with Crippen molar-refractivity contribution in [1.29, 1.82) is 0 Å². The summed E-state index contributed by atoms with van der Waals surface area (Å²) in [4.78, 5) is 10.8. The summed E-state index contributed by atoms with van der Waals surface area (Å²) in [6.07, 6.45) is 18.9. The maximum Gasteiger partial charge on any atom is 0.242 e. The molecule has 1 atom stereocenters. The first-order chi connectivity index (χ1) is 13.6. The molecule has 1 aromatic carbocycles. The molecule has 0 fully saturated rings. The second kappa shape index (κ2) is 16.4. The fraction of sp³-hybridized carbons (Fsp3) is 0.720. The van der Waals surface area contributed by atoms with Crippen molar-refractivity contribution in [2.24, 2.45) is 0 Å². The predicted molar refractivity (Wildman–Crippen MR) is 119 cm³/mol. The van der Waals surface area contributed by atoms with Gasteiger partial charge in [-0.3, -0.25) is 10.5 Å². The molecule has 28 heavy (non-hydrogen) atoms. The lowest BCUT2D eigenvalue weighted by atomic mass is 10.0. The fourth-order valence-corrected chi connectivity index (χ4v) is 3.66. The van der Waals surface area contributed by atoms with Crippen LogP contribution in [0.5, 0.6) is 5.75 Å². The SMILES string of the molecule is CCCCCCCCCCCCCCCc1cccc(OC(C)CC([NH])=O)c1. The molecule has 0 aliphatic heterocycles. The van der Waals surface area contributed by atoms with Crippen LogP contribution < -0.4 is 10.5 Å². The number of hydrogen-bond donors (Lipinski definition) is 0. The minimum Gasteiger partial charge on any atom is -0.490 e. The number of carbonyl (C=O) groups excluding carboxylic acids is 1. The number of ether oxygens (including phenoxy) is 1. The molecule has 1 rings (SSSR count). The third-order valence-electron chi connectivity index (χ3n) is 5.28. The summed E-state index contributed by atoms with van der Waals surface area (Å²) < 4.78 is 5.74. The maximum atomic E-state index is 10.8. The summed E-state index contributed by atoms with van der Waals surface area (Å²) in [5, 5.41) is 0. The van der Waals surface area contributed by atoms with E-state index in [9.17, 15) is 4.79 Å². The molecule has 3 nitrogen and oxygen atoms in total. The molecule has 1 radical (unpaired) electrons. The molecule has 1 amide bonds. The van der Waals surface area contributed by atoms with Gasteiger partial charge in [-0.05, 0) is 37.5 Å². The average Bonchev–Trinajstić information content (AvgIpc) is 2.65. The van der Waals surface area contributed by atoms with Gasteiger partial charge in [-0.25, -0.2) is 0 Å². The van der Waals surface area contributed by atoms with Crippen LogP contribution >= 0.6 is 0 Å². The normalized spacial score (nSPS) is 12.1. The minimum atomic E-state index is -0.573. The van der Waals surface area contributed by atoms with E-state index in [1.165, 1.54) is 89.0 Å². The second-order valence-corrected chi connectivity index (χ2v) is 8.20. The molecule has 3 heteroatoms. The van der Waals surface area contributed by atoms with Crippen molar-refractivity contribution in [2.75, 3.05) is 0 Å². The average molecular weight is 389 g/mol. The number of aryl methyl sites for hydroxylation is 1. The Kier molecular flexibility index (Phi) is 14.4. The van der Waals surface area contributed by atoms with Crippen LogP contribution in [0.1, 0.15) is 109 Å². The van der Waals surface area contributed by atoms with Gasteiger partial charge in [0.2, 0.25) is 5.91 Å². The monoisotopic (exact) mass is 388 g/mol. The summed E-state index contributed by atoms with van der Waals surface area (Å²) >= 11 is 0. The Morgan fingerprint density at radius 3 is 1.96 bits per heavy atom. The summed E-state index contributed by atoms with van der Waals surface area (Å²) in [5.74, 6) is 0.233. The Labute approximate surface area is 173 Å². The largest absolute Gasteiger partial charge is 0.490 e. The van der Waals surface area contributed by atoms with Crippen LogP contribution in [-0.2, 0) is 11.2 Å². The van der Waals surface area contributed by atoms with E-state index >= 15 is 0 Å². The van der Waals surface area contributed by atoms with E-state index in [4.69, 9.17) is 10.5 Å². The highest BCUT2D eigenvalue weighted by atomic mass is 16.5. The zero-order valence-corrected chi connectivity index (χ0v) is 18.3. The quantitative estimate of drug-likeness (QED) is 0.248. The van der Waals surface area contributed by atoms with Gasteiger partial charge < -0.3 is 4.74 Å². The lowest BCUT2D eigenvalue weighted by Gasteiger charge is -2.13. The zero-order chi connectivity index (χ0) is 20.5. The molecular formula is C25H42NO2. The summed E-state index contributed by atoms with van der Waals surface area (Å²) in [7, 11) is 0. The molecule has 1 unspecified atom stereocenters. The highest BCUT2D eigenvalue weighted by molar-refractivity contribution is 5.73. The van der Waals surface area contributed by atoms with E-state index in [1.807, 2.05) is 19.1 Å². The van der Waals surface area contributed by atoms with Gasteiger partial charge >= 0.3 is 0 Å². The molecule has 0 aliphatic carbocycles. The molecule has 0 saturated heterocycles. The molecule has 159 valence electrons. The molecule has 1 N–H and O–H groups in total. The Morgan fingerprint density at radius 2 is 1.43 bits per heavy atom. The number of benzene rings is 1. The molecule has 0 spiro atoms. The molecule has 0 saturated carbocycles. The van der Waals surface area contributed by atoms with E-state index in [0.29, 0.717) is 0 Å². The van der Waals surface area contributed by atoms with Crippen molar-refractivity contribution >= 4 is 5.91 Å². The van der Waals surface area contributed by atoms with Gasteiger partial charge in [0.15, 0.2) is 0 Å². The first-order valence-corrected chi connectivity index (χ1v) is 11.6. The van der Waals surface area contributed by atoms with Gasteiger partial charge in [0.1, 0.15) is 11.9 Å². The van der Waals surface area contributed by atoms with Gasteiger partial charge in [-0.1, -0.05) is 96.1 Å². The number of amides is 1. The minimum absolute atomic E-state index is 0.142. The number of nitrogens with one attached hydrogen (secondary N) is 1. The number of carbonyl (C=O) groups is 1. The molecule has 0 bridgehead atoms. The molecule has 0 heterocycles. The van der Waals surface area contributed by atoms with Crippen molar-refractivity contribution in [3.8, 4) is 5.75 Å². The van der Waals surface area contributed by atoms with E-state index in [0.717, 1.165) is 12.2 Å². The maximum absolute atomic E-state index is 10.8. The van der Waals surface area contributed by atoms with Gasteiger partial charge in [0, 0.05) is 0 Å². The van der Waals surface area contributed by atoms with Crippen LogP contribution in [0.3, 0.4) is 0 Å². The lowest BCUT2D eigenvalue weighted by molar-refractivity contribution is -0.120. The Bertz CT molecular complexity index is 515. The van der Waals surface area contributed by atoms with Crippen molar-refractivity contribution in [3.63, 3.8) is 0 Å². The van der Waals surface area contributed by atoms with Crippen molar-refractivity contribution in [2.45, 2.75) is 116 Å². The van der Waals surface area contributed by atoms with Crippen molar-refractivity contribution < 1.29 is 9.53 Å². The Morgan fingerprint density at radius 1 is 0.893 bits per heavy atom. The first kappa shape index (κ1) is 24.5. The zero-order valence-electron chi connectivity index (χ0n) is 18.3. The number of unbranched alkanes of at least 4 members (excludes halogenated alkanes) is 12. The standard InChI is InChI=1S/C25H42NO2/c1-3-4-5-6-7-8-9-10-11-12-13-14-15-17-23-18-16-19-24(21-23)28-22(2)20-25(26)27/h16,18-19,21-22,26H,3-15,17,20H2,1-2H3. The second-order valence-electron chi connectivity index (χ2n) is 8.20.